The molecule has 5 nitrogen and oxygen atoms in total. The van der Waals surface area contributed by atoms with Crippen LogP contribution in [0.25, 0.3) is 5.69 Å². The quantitative estimate of drug-likeness (QED) is 0.664. The molecule has 1 fully saturated rings. The molecule has 0 radical (unpaired) electrons. The minimum Gasteiger partial charge on any atom is -0.375 e. The van der Waals surface area contributed by atoms with Gasteiger partial charge in [0.1, 0.15) is 5.82 Å². The summed E-state index contributed by atoms with van der Waals surface area (Å²) in [5.74, 6) is 1.97. The van der Waals surface area contributed by atoms with Crippen molar-refractivity contribution in [2.24, 2.45) is 0 Å². The first kappa shape index (κ1) is 23.3. The molecule has 2 aliphatic rings. The van der Waals surface area contributed by atoms with Crippen LogP contribution in [0, 0.1) is 0 Å². The van der Waals surface area contributed by atoms with Crippen LogP contribution in [0.15, 0.2) is 18.2 Å². The van der Waals surface area contributed by atoms with Crippen LogP contribution in [0.5, 0.6) is 0 Å². The van der Waals surface area contributed by atoms with Gasteiger partial charge in [0.2, 0.25) is 0 Å². The van der Waals surface area contributed by atoms with Gasteiger partial charge in [-0.3, -0.25) is 4.57 Å². The molecule has 2 aromatic rings. The Morgan fingerprint density at radius 2 is 1.93 bits per heavy atom. The Labute approximate surface area is 184 Å². The number of ether oxygens (including phenoxy) is 1. The number of nitrogens with one attached hydrogen (secondary N) is 1. The van der Waals surface area contributed by atoms with E-state index in [0.717, 1.165) is 48.6 Å². The van der Waals surface area contributed by atoms with E-state index in [2.05, 4.69) is 20.1 Å². The van der Waals surface area contributed by atoms with Gasteiger partial charge in [-0.15, -0.1) is 22.6 Å². The predicted octanol–water partition coefficient (Wildman–Crippen LogP) is 5.33. The van der Waals surface area contributed by atoms with Crippen molar-refractivity contribution in [1.29, 1.82) is 0 Å². The lowest BCUT2D eigenvalue weighted by Crippen LogP contribution is -2.28. The molecule has 30 heavy (non-hydrogen) atoms. The Hall–Kier alpha value is -1.35. The van der Waals surface area contributed by atoms with Crippen LogP contribution in [0.3, 0.4) is 0 Å². The highest BCUT2D eigenvalue weighted by Crippen LogP contribution is 2.37. The van der Waals surface area contributed by atoms with Crippen molar-refractivity contribution in [2.75, 3.05) is 0 Å². The van der Waals surface area contributed by atoms with E-state index in [0.29, 0.717) is 18.1 Å². The fourth-order valence-electron chi connectivity index (χ4n) is 4.35. The first-order valence-electron chi connectivity index (χ1n) is 9.96. The summed E-state index contributed by atoms with van der Waals surface area (Å²) in [5.41, 5.74) is 2.13. The number of nitrogens with zero attached hydrogens (tertiary/aromatic N) is 3. The zero-order valence-corrected chi connectivity index (χ0v) is 18.2. The van der Waals surface area contributed by atoms with Crippen LogP contribution >= 0.6 is 24.0 Å². The van der Waals surface area contributed by atoms with Crippen LogP contribution in [-0.4, -0.2) is 33.1 Å². The van der Waals surface area contributed by atoms with Gasteiger partial charge in [-0.05, 0) is 56.4 Å². The van der Waals surface area contributed by atoms with Crippen molar-refractivity contribution < 1.29 is 17.9 Å². The Bertz CT molecular complexity index is 866. The summed E-state index contributed by atoms with van der Waals surface area (Å²) in [7, 11) is 0. The summed E-state index contributed by atoms with van der Waals surface area (Å²) in [6.45, 7) is 2.82. The van der Waals surface area contributed by atoms with Crippen LogP contribution in [-0.2, 0) is 17.8 Å². The summed E-state index contributed by atoms with van der Waals surface area (Å²) < 4.78 is 45.4. The fourth-order valence-corrected chi connectivity index (χ4v) is 4.55. The lowest BCUT2D eigenvalue weighted by Gasteiger charge is -2.30. The molecular formula is C20H25Cl2F3N4O. The Balaban J connectivity index is 0.00000256. The van der Waals surface area contributed by atoms with Crippen molar-refractivity contribution in [2.45, 2.75) is 76.4 Å². The molecule has 1 atom stereocenters. The minimum atomic E-state index is -4.19. The van der Waals surface area contributed by atoms with Crippen LogP contribution in [0.2, 0.25) is 5.02 Å². The summed E-state index contributed by atoms with van der Waals surface area (Å²) in [4.78, 5) is 0. The Morgan fingerprint density at radius 1 is 1.20 bits per heavy atom. The number of benzene rings is 1. The monoisotopic (exact) mass is 464 g/mol. The van der Waals surface area contributed by atoms with Gasteiger partial charge < -0.3 is 10.1 Å². The molecule has 2 heterocycles. The third kappa shape index (κ3) is 5.28. The van der Waals surface area contributed by atoms with Gasteiger partial charge in [0, 0.05) is 17.5 Å². The van der Waals surface area contributed by atoms with E-state index in [1.807, 2.05) is 18.2 Å². The normalized spacial score (nSPS) is 22.4. The molecule has 10 heteroatoms. The van der Waals surface area contributed by atoms with Crippen LogP contribution in [0.4, 0.5) is 13.2 Å². The molecular weight excluding hydrogens is 440 g/mol. The van der Waals surface area contributed by atoms with Crippen LogP contribution < -0.4 is 5.32 Å². The first-order valence-corrected chi connectivity index (χ1v) is 10.3. The van der Waals surface area contributed by atoms with Gasteiger partial charge in [-0.25, -0.2) is 0 Å². The molecule has 4 rings (SSSR count). The van der Waals surface area contributed by atoms with E-state index < -0.39 is 18.7 Å². The van der Waals surface area contributed by atoms with Gasteiger partial charge >= 0.3 is 6.18 Å². The van der Waals surface area contributed by atoms with Crippen molar-refractivity contribution >= 4 is 24.0 Å². The Kier molecular flexibility index (Phi) is 7.32. The zero-order valence-electron chi connectivity index (χ0n) is 16.6. The van der Waals surface area contributed by atoms with Gasteiger partial charge in [0.05, 0.1) is 30.9 Å². The topological polar surface area (TPSA) is 52.0 Å². The van der Waals surface area contributed by atoms with Gasteiger partial charge in [-0.2, -0.15) is 13.2 Å². The number of halogens is 5. The molecule has 1 saturated carbocycles. The van der Waals surface area contributed by atoms with E-state index in [9.17, 15) is 13.2 Å². The van der Waals surface area contributed by atoms with Gasteiger partial charge in [0.25, 0.3) is 0 Å². The number of hydrogen-bond acceptors (Lipinski definition) is 4. The second-order valence-corrected chi connectivity index (χ2v) is 8.36. The molecule has 0 spiro atoms. The predicted molar refractivity (Wildman–Crippen MR) is 110 cm³/mol. The van der Waals surface area contributed by atoms with Crippen molar-refractivity contribution in [3.8, 4) is 5.69 Å². The number of hydrogen-bond donors (Lipinski definition) is 1. The maximum Gasteiger partial charge on any atom is 0.391 e. The standard InChI is InChI=1S/C20H24ClF3N4O.ClH/c1-12(9-20(22,23)24)29-16-5-2-13(3-6-16)19-27-26-18-11-25-10-14-8-15(21)4-7-17(14)28(18)19;/h4,7-8,12-13,16,25H,2-3,5-6,9-11H2,1H3;1H/t12?,13-,16-;. The SMILES string of the molecule is CC(CC(F)(F)F)O[C@H]1CC[C@H](c2nnc3n2-c2ccc(Cl)cc2CNC3)CC1.Cl. The van der Waals surface area contributed by atoms with E-state index in [1.54, 1.807) is 0 Å². The number of aromatic nitrogens is 3. The summed E-state index contributed by atoms with van der Waals surface area (Å²) >= 11 is 6.16. The van der Waals surface area contributed by atoms with E-state index >= 15 is 0 Å². The highest BCUT2D eigenvalue weighted by Gasteiger charge is 2.34. The van der Waals surface area contributed by atoms with E-state index in [1.165, 1.54) is 6.92 Å². The minimum absolute atomic E-state index is 0. The molecule has 166 valence electrons. The molecule has 1 aromatic carbocycles. The molecule has 1 aromatic heterocycles. The zero-order chi connectivity index (χ0) is 20.6. The largest absolute Gasteiger partial charge is 0.391 e. The molecule has 1 N–H and O–H groups in total. The van der Waals surface area contributed by atoms with Gasteiger partial charge in [0.15, 0.2) is 5.82 Å². The second kappa shape index (κ2) is 9.42. The second-order valence-electron chi connectivity index (χ2n) is 7.93. The summed E-state index contributed by atoms with van der Waals surface area (Å²) in [5, 5.41) is 12.9. The highest BCUT2D eigenvalue weighted by molar-refractivity contribution is 6.30. The van der Waals surface area contributed by atoms with E-state index in [4.69, 9.17) is 16.3 Å². The van der Waals surface area contributed by atoms with Crippen molar-refractivity contribution in [3.05, 3.63) is 40.4 Å². The lowest BCUT2D eigenvalue weighted by molar-refractivity contribution is -0.166. The summed E-state index contributed by atoms with van der Waals surface area (Å²) in [6, 6.07) is 5.82. The number of alkyl halides is 3. The van der Waals surface area contributed by atoms with Crippen molar-refractivity contribution in [1.82, 2.24) is 20.1 Å². The maximum absolute atomic E-state index is 12.5. The first-order chi connectivity index (χ1) is 13.8. The van der Waals surface area contributed by atoms with Crippen molar-refractivity contribution in [3.63, 3.8) is 0 Å². The fraction of sp³-hybridized carbons (Fsp3) is 0.600. The van der Waals surface area contributed by atoms with E-state index in [-0.39, 0.29) is 24.4 Å². The lowest BCUT2D eigenvalue weighted by atomic mass is 9.86. The maximum atomic E-state index is 12.5. The molecule has 1 aliphatic heterocycles. The molecule has 1 aliphatic carbocycles. The number of rotatable bonds is 4. The molecule has 0 bridgehead atoms. The molecule has 1 unspecified atom stereocenters. The Morgan fingerprint density at radius 3 is 2.63 bits per heavy atom. The third-order valence-corrected chi connectivity index (χ3v) is 5.85. The smallest absolute Gasteiger partial charge is 0.375 e. The average Bonchev–Trinajstić information content (AvgIpc) is 2.96. The molecule has 0 saturated heterocycles. The third-order valence-electron chi connectivity index (χ3n) is 5.62. The van der Waals surface area contributed by atoms with Crippen LogP contribution in [0.1, 0.15) is 62.2 Å². The van der Waals surface area contributed by atoms with Gasteiger partial charge in [-0.1, -0.05) is 11.6 Å². The number of fused-ring (bicyclic) bond motifs is 3. The average molecular weight is 465 g/mol. The summed E-state index contributed by atoms with van der Waals surface area (Å²) in [6.07, 6.45) is -2.97. The molecule has 0 amide bonds. The highest BCUT2D eigenvalue weighted by atomic mass is 35.5.